The molecule has 2 fully saturated rings. The van der Waals surface area contributed by atoms with E-state index in [-0.39, 0.29) is 0 Å². The van der Waals surface area contributed by atoms with E-state index in [0.29, 0.717) is 16.6 Å². The lowest BCUT2D eigenvalue weighted by Gasteiger charge is -2.18. The van der Waals surface area contributed by atoms with Gasteiger partial charge >= 0.3 is 0 Å². The first-order chi connectivity index (χ1) is 9.81. The number of nitrogens with one attached hydrogen (secondary N) is 2. The standard InChI is InChI=1S/C14H18N4S2/c19-14-16-12(17-18-14)11-10(8-6-7-8)15-13(20-11)9-4-2-1-3-5-9/h8-9H,1-7H2,(H2,16,17,18,19). The third kappa shape index (κ3) is 2.35. The predicted molar refractivity (Wildman–Crippen MR) is 82.7 cm³/mol. The first-order valence-electron chi connectivity index (χ1n) is 7.47. The van der Waals surface area contributed by atoms with Gasteiger partial charge in [0.15, 0.2) is 5.82 Å². The molecule has 0 aromatic carbocycles. The van der Waals surface area contributed by atoms with Gasteiger partial charge in [-0.3, -0.25) is 10.2 Å². The molecule has 0 radical (unpaired) electrons. The molecule has 2 saturated carbocycles. The highest BCUT2D eigenvalue weighted by Crippen LogP contribution is 2.47. The molecule has 0 saturated heterocycles. The minimum absolute atomic E-state index is 0.523. The Hall–Kier alpha value is -1.01. The van der Waals surface area contributed by atoms with Crippen molar-refractivity contribution in [3.8, 4) is 10.7 Å². The van der Waals surface area contributed by atoms with Crippen LogP contribution in [-0.2, 0) is 0 Å². The number of H-pyrrole nitrogens is 2. The smallest absolute Gasteiger partial charge is 0.213 e. The van der Waals surface area contributed by atoms with Crippen LogP contribution in [0.3, 0.4) is 0 Å². The molecule has 2 aliphatic carbocycles. The van der Waals surface area contributed by atoms with Crippen LogP contribution < -0.4 is 0 Å². The maximum absolute atomic E-state index is 5.08. The minimum atomic E-state index is 0.523. The van der Waals surface area contributed by atoms with Gasteiger partial charge in [0.1, 0.15) is 0 Å². The zero-order valence-corrected chi connectivity index (χ0v) is 12.9. The Labute approximate surface area is 127 Å². The first kappa shape index (κ1) is 12.7. The number of hydrogen-bond acceptors (Lipinski definition) is 4. The van der Waals surface area contributed by atoms with Crippen LogP contribution in [0.4, 0.5) is 0 Å². The van der Waals surface area contributed by atoms with Crippen LogP contribution >= 0.6 is 23.6 Å². The van der Waals surface area contributed by atoms with E-state index >= 15 is 0 Å². The summed E-state index contributed by atoms with van der Waals surface area (Å²) in [6.07, 6.45) is 9.22. The van der Waals surface area contributed by atoms with Gasteiger partial charge in [-0.2, -0.15) is 4.98 Å². The summed E-state index contributed by atoms with van der Waals surface area (Å²) in [6, 6.07) is 0. The summed E-state index contributed by atoms with van der Waals surface area (Å²) in [6.45, 7) is 0. The minimum Gasteiger partial charge on any atom is -0.281 e. The monoisotopic (exact) mass is 306 g/mol. The van der Waals surface area contributed by atoms with Crippen molar-refractivity contribution in [3.63, 3.8) is 0 Å². The van der Waals surface area contributed by atoms with Gasteiger partial charge in [0.05, 0.1) is 15.6 Å². The fourth-order valence-electron chi connectivity index (χ4n) is 3.05. The Morgan fingerprint density at radius 3 is 2.40 bits per heavy atom. The average molecular weight is 306 g/mol. The molecule has 4 nitrogen and oxygen atoms in total. The summed E-state index contributed by atoms with van der Waals surface area (Å²) in [5, 5.41) is 7.31. The lowest BCUT2D eigenvalue weighted by molar-refractivity contribution is 0.442. The van der Waals surface area contributed by atoms with Gasteiger partial charge < -0.3 is 0 Å². The third-order valence-electron chi connectivity index (χ3n) is 4.30. The molecule has 0 atom stereocenters. The van der Waals surface area contributed by atoms with Crippen molar-refractivity contribution in [1.29, 1.82) is 0 Å². The highest BCUT2D eigenvalue weighted by Gasteiger charge is 2.32. The Morgan fingerprint density at radius 2 is 1.75 bits per heavy atom. The molecule has 0 spiro atoms. The summed E-state index contributed by atoms with van der Waals surface area (Å²) in [7, 11) is 0. The molecule has 0 aliphatic heterocycles. The highest BCUT2D eigenvalue weighted by atomic mass is 32.1. The third-order valence-corrected chi connectivity index (χ3v) is 5.74. The molecule has 0 amide bonds. The van der Waals surface area contributed by atoms with Crippen LogP contribution in [0.5, 0.6) is 0 Å². The number of aromatic amines is 2. The fourth-order valence-corrected chi connectivity index (χ4v) is 4.46. The molecule has 4 rings (SSSR count). The van der Waals surface area contributed by atoms with Crippen molar-refractivity contribution in [2.45, 2.75) is 56.8 Å². The number of nitrogens with zero attached hydrogens (tertiary/aromatic N) is 2. The number of hydrogen-bond donors (Lipinski definition) is 2. The number of rotatable bonds is 3. The van der Waals surface area contributed by atoms with E-state index in [1.165, 1.54) is 60.5 Å². The summed E-state index contributed by atoms with van der Waals surface area (Å²) in [4.78, 5) is 10.6. The van der Waals surface area contributed by atoms with Gasteiger partial charge in [0.2, 0.25) is 4.77 Å². The maximum Gasteiger partial charge on any atom is 0.213 e. The van der Waals surface area contributed by atoms with Crippen LogP contribution in [0.2, 0.25) is 0 Å². The van der Waals surface area contributed by atoms with E-state index in [4.69, 9.17) is 17.2 Å². The van der Waals surface area contributed by atoms with Crippen LogP contribution in [0.15, 0.2) is 0 Å². The quantitative estimate of drug-likeness (QED) is 0.820. The lowest BCUT2D eigenvalue weighted by Crippen LogP contribution is -2.04. The van der Waals surface area contributed by atoms with Crippen LogP contribution in [0.1, 0.15) is 67.5 Å². The summed E-state index contributed by atoms with van der Waals surface area (Å²) in [5.41, 5.74) is 1.26. The maximum atomic E-state index is 5.08. The Bertz CT molecular complexity index is 659. The molecule has 0 bridgehead atoms. The summed E-state index contributed by atoms with van der Waals surface area (Å²) in [5.74, 6) is 2.19. The largest absolute Gasteiger partial charge is 0.281 e. The molecule has 2 N–H and O–H groups in total. The molecule has 2 aromatic heterocycles. The van der Waals surface area contributed by atoms with E-state index in [9.17, 15) is 0 Å². The number of thiazole rings is 1. The Kier molecular flexibility index (Phi) is 3.22. The van der Waals surface area contributed by atoms with Crippen LogP contribution in [0, 0.1) is 4.77 Å². The molecular formula is C14H18N4S2. The van der Waals surface area contributed by atoms with E-state index in [0.717, 1.165) is 5.82 Å². The normalized spacial score (nSPS) is 20.4. The van der Waals surface area contributed by atoms with Gasteiger partial charge in [0, 0.05) is 11.8 Å². The molecule has 2 aliphatic rings. The molecule has 2 heterocycles. The zero-order valence-electron chi connectivity index (χ0n) is 11.3. The van der Waals surface area contributed by atoms with Crippen molar-refractivity contribution in [2.75, 3.05) is 0 Å². The second-order valence-electron chi connectivity index (χ2n) is 5.89. The van der Waals surface area contributed by atoms with E-state index in [2.05, 4.69) is 15.2 Å². The topological polar surface area (TPSA) is 57.4 Å². The van der Waals surface area contributed by atoms with Crippen LogP contribution in [0.25, 0.3) is 10.7 Å². The van der Waals surface area contributed by atoms with Gasteiger partial charge in [-0.1, -0.05) is 19.3 Å². The highest BCUT2D eigenvalue weighted by molar-refractivity contribution is 7.71. The zero-order chi connectivity index (χ0) is 13.5. The summed E-state index contributed by atoms with van der Waals surface area (Å²) >= 11 is 6.91. The second-order valence-corrected chi connectivity index (χ2v) is 7.31. The van der Waals surface area contributed by atoms with Crippen molar-refractivity contribution in [1.82, 2.24) is 20.2 Å². The van der Waals surface area contributed by atoms with Crippen molar-refractivity contribution < 1.29 is 0 Å². The SMILES string of the molecule is S=c1nc(-c2sc(C3CCCCC3)nc2C2CC2)[nH][nH]1. The van der Waals surface area contributed by atoms with E-state index < -0.39 is 0 Å². The Balaban J connectivity index is 1.73. The number of aromatic nitrogens is 4. The summed E-state index contributed by atoms with van der Waals surface area (Å²) < 4.78 is 0.523. The van der Waals surface area contributed by atoms with Gasteiger partial charge in [-0.15, -0.1) is 11.3 Å². The van der Waals surface area contributed by atoms with Crippen molar-refractivity contribution >= 4 is 23.6 Å². The van der Waals surface area contributed by atoms with E-state index in [1.807, 2.05) is 11.3 Å². The van der Waals surface area contributed by atoms with Gasteiger partial charge in [-0.05, 0) is 37.9 Å². The molecular weight excluding hydrogens is 288 g/mol. The average Bonchev–Trinajstić information content (AvgIpc) is 3.08. The van der Waals surface area contributed by atoms with Crippen LogP contribution in [-0.4, -0.2) is 20.2 Å². The first-order valence-corrected chi connectivity index (χ1v) is 8.69. The van der Waals surface area contributed by atoms with Gasteiger partial charge in [0.25, 0.3) is 0 Å². The van der Waals surface area contributed by atoms with Gasteiger partial charge in [-0.25, -0.2) is 4.98 Å². The second kappa shape index (κ2) is 5.07. The molecule has 2 aromatic rings. The Morgan fingerprint density at radius 1 is 0.950 bits per heavy atom. The molecule has 106 valence electrons. The van der Waals surface area contributed by atoms with Crippen molar-refractivity contribution in [2.24, 2.45) is 0 Å². The predicted octanol–water partition coefficient (Wildman–Crippen LogP) is 4.52. The molecule has 6 heteroatoms. The molecule has 0 unspecified atom stereocenters. The lowest BCUT2D eigenvalue weighted by atomic mass is 9.90. The fraction of sp³-hybridized carbons (Fsp3) is 0.643. The van der Waals surface area contributed by atoms with Crippen molar-refractivity contribution in [3.05, 3.63) is 15.5 Å². The van der Waals surface area contributed by atoms with E-state index in [1.54, 1.807) is 0 Å². The molecule has 20 heavy (non-hydrogen) atoms.